The highest BCUT2D eigenvalue weighted by molar-refractivity contribution is 4.92. The molecule has 5 heteroatoms. The lowest BCUT2D eigenvalue weighted by Gasteiger charge is -2.05. The Labute approximate surface area is 110 Å². The molecular weight excluding hydrogens is 228 g/mol. The first-order chi connectivity index (χ1) is 8.72. The van der Waals surface area contributed by atoms with Crippen LogP contribution in [0.5, 0.6) is 0 Å². The molecule has 0 aliphatic rings. The number of nitrogens with two attached hydrogens (primary N) is 1. The molecule has 1 aromatic heterocycles. The average Bonchev–Trinajstić information content (AvgIpc) is 2.77. The van der Waals surface area contributed by atoms with Crippen molar-refractivity contribution in [2.75, 3.05) is 19.8 Å². The van der Waals surface area contributed by atoms with Crippen molar-refractivity contribution in [3.63, 3.8) is 0 Å². The zero-order valence-corrected chi connectivity index (χ0v) is 11.6. The number of ether oxygens (including phenoxy) is 1. The van der Waals surface area contributed by atoms with E-state index in [2.05, 4.69) is 24.2 Å². The highest BCUT2D eigenvalue weighted by atomic mass is 16.5. The van der Waals surface area contributed by atoms with Gasteiger partial charge in [-0.05, 0) is 38.1 Å². The molecule has 0 unspecified atom stereocenters. The number of rotatable bonds is 10. The van der Waals surface area contributed by atoms with E-state index >= 15 is 0 Å². The van der Waals surface area contributed by atoms with Gasteiger partial charge in [0.15, 0.2) is 0 Å². The number of aryl methyl sites for hydroxylation is 1. The standard InChI is InChI=1S/C13H26N4O/c1-12(2)6-9-18-10-8-17-11-13(15-16-17)5-3-4-7-14/h11-12H,3-10,14H2,1-2H3. The van der Waals surface area contributed by atoms with Crippen LogP contribution >= 0.6 is 0 Å². The first-order valence-corrected chi connectivity index (χ1v) is 6.89. The van der Waals surface area contributed by atoms with Gasteiger partial charge in [0.1, 0.15) is 0 Å². The second-order valence-corrected chi connectivity index (χ2v) is 5.01. The van der Waals surface area contributed by atoms with Gasteiger partial charge < -0.3 is 10.5 Å². The lowest BCUT2D eigenvalue weighted by Crippen LogP contribution is -2.08. The quantitative estimate of drug-likeness (QED) is 0.644. The molecule has 0 aromatic carbocycles. The van der Waals surface area contributed by atoms with E-state index in [1.807, 2.05) is 10.9 Å². The maximum Gasteiger partial charge on any atom is 0.0827 e. The van der Waals surface area contributed by atoms with Gasteiger partial charge in [0.25, 0.3) is 0 Å². The first kappa shape index (κ1) is 15.1. The Hall–Kier alpha value is -0.940. The van der Waals surface area contributed by atoms with E-state index in [9.17, 15) is 0 Å². The van der Waals surface area contributed by atoms with Gasteiger partial charge in [0.2, 0.25) is 0 Å². The summed E-state index contributed by atoms with van der Waals surface area (Å²) < 4.78 is 7.41. The molecular formula is C13H26N4O. The van der Waals surface area contributed by atoms with Crippen molar-refractivity contribution < 1.29 is 4.74 Å². The van der Waals surface area contributed by atoms with E-state index in [0.29, 0.717) is 12.5 Å². The second-order valence-electron chi connectivity index (χ2n) is 5.01. The average molecular weight is 254 g/mol. The van der Waals surface area contributed by atoms with E-state index in [0.717, 1.165) is 51.1 Å². The SMILES string of the molecule is CC(C)CCOCCn1cc(CCCCN)nn1. The third-order valence-corrected chi connectivity index (χ3v) is 2.78. The van der Waals surface area contributed by atoms with Gasteiger partial charge in [0, 0.05) is 12.8 Å². The molecule has 0 saturated carbocycles. The Balaban J connectivity index is 2.11. The zero-order chi connectivity index (χ0) is 13.2. The van der Waals surface area contributed by atoms with Crippen LogP contribution in [0.2, 0.25) is 0 Å². The lowest BCUT2D eigenvalue weighted by atomic mass is 10.1. The predicted molar refractivity (Wildman–Crippen MR) is 72.3 cm³/mol. The minimum Gasteiger partial charge on any atom is -0.380 e. The maximum atomic E-state index is 5.55. The van der Waals surface area contributed by atoms with E-state index in [1.54, 1.807) is 0 Å². The van der Waals surface area contributed by atoms with Gasteiger partial charge >= 0.3 is 0 Å². The van der Waals surface area contributed by atoms with Crippen LogP contribution in [0.15, 0.2) is 6.20 Å². The van der Waals surface area contributed by atoms with Gasteiger partial charge in [-0.1, -0.05) is 19.1 Å². The fourth-order valence-electron chi connectivity index (χ4n) is 1.59. The third kappa shape index (κ3) is 6.71. The summed E-state index contributed by atoms with van der Waals surface area (Å²) in [5.41, 5.74) is 6.50. The van der Waals surface area contributed by atoms with Crippen LogP contribution in [0.3, 0.4) is 0 Å². The van der Waals surface area contributed by atoms with Gasteiger partial charge in [-0.25, -0.2) is 4.68 Å². The summed E-state index contributed by atoms with van der Waals surface area (Å²) in [6.07, 6.45) is 6.21. The summed E-state index contributed by atoms with van der Waals surface area (Å²) in [7, 11) is 0. The van der Waals surface area contributed by atoms with Crippen molar-refractivity contribution in [3.8, 4) is 0 Å². The van der Waals surface area contributed by atoms with Crippen LogP contribution in [-0.4, -0.2) is 34.8 Å². The number of aromatic nitrogens is 3. The van der Waals surface area contributed by atoms with E-state index in [-0.39, 0.29) is 0 Å². The van der Waals surface area contributed by atoms with Crippen LogP contribution in [0.1, 0.15) is 38.8 Å². The molecule has 0 bridgehead atoms. The molecule has 0 radical (unpaired) electrons. The first-order valence-electron chi connectivity index (χ1n) is 6.89. The van der Waals surface area contributed by atoms with Crippen molar-refractivity contribution in [1.29, 1.82) is 0 Å². The van der Waals surface area contributed by atoms with Crippen LogP contribution < -0.4 is 5.73 Å². The normalized spacial score (nSPS) is 11.3. The summed E-state index contributed by atoms with van der Waals surface area (Å²) in [6.45, 7) is 7.47. The molecule has 0 saturated heterocycles. The molecule has 104 valence electrons. The Kier molecular flexibility index (Phi) is 7.60. The molecule has 2 N–H and O–H groups in total. The predicted octanol–water partition coefficient (Wildman–Crippen LogP) is 1.62. The fraction of sp³-hybridized carbons (Fsp3) is 0.846. The third-order valence-electron chi connectivity index (χ3n) is 2.78. The van der Waals surface area contributed by atoms with Gasteiger partial charge in [-0.3, -0.25) is 0 Å². The lowest BCUT2D eigenvalue weighted by molar-refractivity contribution is 0.113. The summed E-state index contributed by atoms with van der Waals surface area (Å²) in [4.78, 5) is 0. The summed E-state index contributed by atoms with van der Waals surface area (Å²) in [6, 6.07) is 0. The number of nitrogens with zero attached hydrogens (tertiary/aromatic N) is 3. The Morgan fingerprint density at radius 1 is 1.33 bits per heavy atom. The van der Waals surface area contributed by atoms with Crippen LogP contribution in [0, 0.1) is 5.92 Å². The number of hydrogen-bond donors (Lipinski definition) is 1. The maximum absolute atomic E-state index is 5.55. The van der Waals surface area contributed by atoms with E-state index < -0.39 is 0 Å². The number of unbranched alkanes of at least 4 members (excludes halogenated alkanes) is 1. The Morgan fingerprint density at radius 3 is 2.89 bits per heavy atom. The van der Waals surface area contributed by atoms with Crippen molar-refractivity contribution in [1.82, 2.24) is 15.0 Å². The molecule has 0 spiro atoms. The molecule has 18 heavy (non-hydrogen) atoms. The molecule has 0 fully saturated rings. The van der Waals surface area contributed by atoms with Crippen molar-refractivity contribution >= 4 is 0 Å². The van der Waals surface area contributed by atoms with Gasteiger partial charge in [-0.15, -0.1) is 5.10 Å². The minimum atomic E-state index is 0.700. The highest BCUT2D eigenvalue weighted by Crippen LogP contribution is 2.01. The molecule has 1 heterocycles. The highest BCUT2D eigenvalue weighted by Gasteiger charge is 2.00. The van der Waals surface area contributed by atoms with Crippen molar-refractivity contribution in [3.05, 3.63) is 11.9 Å². The topological polar surface area (TPSA) is 66.0 Å². The van der Waals surface area contributed by atoms with Crippen LogP contribution in [-0.2, 0) is 17.7 Å². The van der Waals surface area contributed by atoms with Gasteiger partial charge in [0.05, 0.1) is 18.8 Å². The number of hydrogen-bond acceptors (Lipinski definition) is 4. The van der Waals surface area contributed by atoms with Crippen LogP contribution in [0.25, 0.3) is 0 Å². The van der Waals surface area contributed by atoms with Crippen molar-refractivity contribution in [2.24, 2.45) is 11.7 Å². The Morgan fingerprint density at radius 2 is 2.17 bits per heavy atom. The zero-order valence-electron chi connectivity index (χ0n) is 11.6. The largest absolute Gasteiger partial charge is 0.380 e. The Bertz CT molecular complexity index is 312. The monoisotopic (exact) mass is 254 g/mol. The van der Waals surface area contributed by atoms with Crippen molar-refractivity contribution in [2.45, 2.75) is 46.1 Å². The smallest absolute Gasteiger partial charge is 0.0827 e. The summed E-state index contributed by atoms with van der Waals surface area (Å²) in [5.74, 6) is 0.700. The molecule has 0 aliphatic heterocycles. The molecule has 1 rings (SSSR count). The summed E-state index contributed by atoms with van der Waals surface area (Å²) >= 11 is 0. The van der Waals surface area contributed by atoms with Crippen LogP contribution in [0.4, 0.5) is 0 Å². The van der Waals surface area contributed by atoms with E-state index in [1.165, 1.54) is 0 Å². The molecule has 5 nitrogen and oxygen atoms in total. The minimum absolute atomic E-state index is 0.700. The molecule has 0 amide bonds. The molecule has 1 aromatic rings. The summed E-state index contributed by atoms with van der Waals surface area (Å²) in [5, 5.41) is 8.21. The second kappa shape index (κ2) is 9.05. The molecule has 0 aliphatic carbocycles. The fourth-order valence-corrected chi connectivity index (χ4v) is 1.59. The van der Waals surface area contributed by atoms with Gasteiger partial charge in [-0.2, -0.15) is 0 Å². The van der Waals surface area contributed by atoms with E-state index in [4.69, 9.17) is 10.5 Å². The molecule has 0 atom stereocenters.